The number of aromatic amines is 1. The van der Waals surface area contributed by atoms with Gasteiger partial charge in [0.05, 0.1) is 22.8 Å². The fourth-order valence-electron chi connectivity index (χ4n) is 3.55. The molecule has 1 saturated heterocycles. The molecular weight excluding hydrogens is 323 g/mol. The van der Waals surface area contributed by atoms with Crippen LogP contribution in [0.1, 0.15) is 52.9 Å². The Balaban J connectivity index is 1.72. The molecule has 130 valence electrons. The normalized spacial score (nSPS) is 18.0. The van der Waals surface area contributed by atoms with Crippen molar-refractivity contribution in [3.63, 3.8) is 0 Å². The molecule has 25 heavy (non-hydrogen) atoms. The molecule has 1 amide bonds. The first kappa shape index (κ1) is 15.8. The fraction of sp³-hybridized carbons (Fsp3) is 0.389. The van der Waals surface area contributed by atoms with Gasteiger partial charge in [0.15, 0.2) is 0 Å². The molecule has 3 aromatic rings. The Hall–Kier alpha value is -2.70. The number of rotatable bonds is 2. The van der Waals surface area contributed by atoms with E-state index >= 15 is 0 Å². The monoisotopic (exact) mass is 342 g/mol. The number of piperidine rings is 1. The maximum absolute atomic E-state index is 13.4. The third-order valence-electron chi connectivity index (χ3n) is 4.79. The van der Waals surface area contributed by atoms with E-state index in [1.165, 1.54) is 12.1 Å². The zero-order valence-corrected chi connectivity index (χ0v) is 14.2. The average molecular weight is 342 g/mol. The Bertz CT molecular complexity index is 926. The summed E-state index contributed by atoms with van der Waals surface area (Å²) in [5.74, 6) is 0.821. The number of benzene rings is 1. The third-order valence-corrected chi connectivity index (χ3v) is 4.79. The van der Waals surface area contributed by atoms with Crippen molar-refractivity contribution < 1.29 is 13.7 Å². The lowest BCUT2D eigenvalue weighted by atomic mass is 10.00. The molecule has 0 saturated carbocycles. The molecule has 0 spiro atoms. The van der Waals surface area contributed by atoms with Crippen LogP contribution in [0.25, 0.3) is 11.0 Å². The van der Waals surface area contributed by atoms with E-state index in [0.29, 0.717) is 40.4 Å². The predicted octanol–water partition coefficient (Wildman–Crippen LogP) is 3.67. The van der Waals surface area contributed by atoms with Gasteiger partial charge in [0, 0.05) is 6.54 Å². The van der Waals surface area contributed by atoms with Crippen LogP contribution in [-0.4, -0.2) is 32.5 Å². The van der Waals surface area contributed by atoms with Gasteiger partial charge in [0.1, 0.15) is 23.0 Å². The predicted molar refractivity (Wildman–Crippen MR) is 89.7 cm³/mol. The summed E-state index contributed by atoms with van der Waals surface area (Å²) in [5, 5.41) is 3.89. The zero-order chi connectivity index (χ0) is 17.6. The molecule has 2 aromatic heterocycles. The van der Waals surface area contributed by atoms with E-state index in [2.05, 4.69) is 15.1 Å². The van der Waals surface area contributed by atoms with E-state index in [4.69, 9.17) is 4.52 Å². The van der Waals surface area contributed by atoms with Crippen LogP contribution in [0.15, 0.2) is 22.7 Å². The maximum atomic E-state index is 13.4. The topological polar surface area (TPSA) is 75.0 Å². The fourth-order valence-corrected chi connectivity index (χ4v) is 3.55. The van der Waals surface area contributed by atoms with Gasteiger partial charge in [-0.05, 0) is 51.3 Å². The molecule has 0 radical (unpaired) electrons. The van der Waals surface area contributed by atoms with Crippen molar-refractivity contribution in [2.75, 3.05) is 6.54 Å². The van der Waals surface area contributed by atoms with Gasteiger partial charge in [0.2, 0.25) is 0 Å². The number of aryl methyl sites for hydroxylation is 2. The minimum absolute atomic E-state index is 0.0902. The number of imidazole rings is 1. The van der Waals surface area contributed by atoms with Crippen LogP contribution in [0.3, 0.4) is 0 Å². The Morgan fingerprint density at radius 2 is 2.20 bits per heavy atom. The molecule has 4 rings (SSSR count). The van der Waals surface area contributed by atoms with E-state index in [0.717, 1.165) is 19.3 Å². The number of carbonyl (C=O) groups is 1. The molecule has 0 aliphatic carbocycles. The summed E-state index contributed by atoms with van der Waals surface area (Å²) in [7, 11) is 0. The molecule has 1 aromatic carbocycles. The van der Waals surface area contributed by atoms with Crippen LogP contribution in [0.5, 0.6) is 0 Å². The SMILES string of the molecule is Cc1noc(C)c1C(=O)N1CCCC[C@@H]1c1nc2ccc(F)cc2[nH]1. The summed E-state index contributed by atoms with van der Waals surface area (Å²) < 4.78 is 18.6. The number of carbonyl (C=O) groups excluding carboxylic acids is 1. The summed E-state index contributed by atoms with van der Waals surface area (Å²) in [4.78, 5) is 22.7. The van der Waals surface area contributed by atoms with E-state index < -0.39 is 0 Å². The van der Waals surface area contributed by atoms with Crippen LogP contribution in [0, 0.1) is 19.7 Å². The lowest BCUT2D eigenvalue weighted by molar-refractivity contribution is 0.0599. The summed E-state index contributed by atoms with van der Waals surface area (Å²) >= 11 is 0. The van der Waals surface area contributed by atoms with Crippen LogP contribution in [0.4, 0.5) is 4.39 Å². The number of halogens is 1. The Kier molecular flexibility index (Phi) is 3.78. The largest absolute Gasteiger partial charge is 0.361 e. The molecule has 7 heteroatoms. The van der Waals surface area contributed by atoms with Crippen molar-refractivity contribution >= 4 is 16.9 Å². The van der Waals surface area contributed by atoms with Gasteiger partial charge in [-0.1, -0.05) is 5.16 Å². The number of hydrogen-bond acceptors (Lipinski definition) is 4. The second-order valence-corrected chi connectivity index (χ2v) is 6.49. The highest BCUT2D eigenvalue weighted by atomic mass is 19.1. The Morgan fingerprint density at radius 1 is 1.36 bits per heavy atom. The van der Waals surface area contributed by atoms with Crippen molar-refractivity contribution in [1.82, 2.24) is 20.0 Å². The van der Waals surface area contributed by atoms with Gasteiger partial charge in [-0.2, -0.15) is 0 Å². The first-order chi connectivity index (χ1) is 12.0. The Labute approximate surface area is 144 Å². The van der Waals surface area contributed by atoms with E-state index in [9.17, 15) is 9.18 Å². The highest BCUT2D eigenvalue weighted by Gasteiger charge is 2.33. The molecular formula is C18H19FN4O2. The summed E-state index contributed by atoms with van der Waals surface area (Å²) in [6.45, 7) is 4.17. The van der Waals surface area contributed by atoms with Crippen LogP contribution in [-0.2, 0) is 0 Å². The summed E-state index contributed by atoms with van der Waals surface area (Å²) in [5.41, 5.74) is 2.46. The van der Waals surface area contributed by atoms with Gasteiger partial charge < -0.3 is 14.4 Å². The molecule has 1 aliphatic rings. The van der Waals surface area contributed by atoms with Gasteiger partial charge in [-0.3, -0.25) is 4.79 Å². The standard InChI is InChI=1S/C18H19FN4O2/c1-10-16(11(2)25-22-10)18(24)23-8-4-3-5-15(23)17-20-13-7-6-12(19)9-14(13)21-17/h6-7,9,15H,3-5,8H2,1-2H3,(H,20,21)/t15-/m1/s1. The minimum Gasteiger partial charge on any atom is -0.361 e. The zero-order valence-electron chi connectivity index (χ0n) is 14.2. The minimum atomic E-state index is -0.310. The van der Waals surface area contributed by atoms with Gasteiger partial charge >= 0.3 is 0 Å². The molecule has 6 nitrogen and oxygen atoms in total. The number of nitrogens with zero attached hydrogens (tertiary/aromatic N) is 3. The summed E-state index contributed by atoms with van der Waals surface area (Å²) in [6.07, 6.45) is 2.78. The molecule has 1 N–H and O–H groups in total. The van der Waals surface area contributed by atoms with Crippen LogP contribution < -0.4 is 0 Å². The molecule has 0 unspecified atom stereocenters. The lowest BCUT2D eigenvalue weighted by Gasteiger charge is -2.34. The Morgan fingerprint density at radius 3 is 2.96 bits per heavy atom. The number of nitrogens with one attached hydrogen (secondary N) is 1. The second-order valence-electron chi connectivity index (χ2n) is 6.49. The van der Waals surface area contributed by atoms with Crippen molar-refractivity contribution in [2.45, 2.75) is 39.2 Å². The van der Waals surface area contributed by atoms with E-state index in [1.807, 2.05) is 4.90 Å². The summed E-state index contributed by atoms with van der Waals surface area (Å²) in [6, 6.07) is 4.30. The van der Waals surface area contributed by atoms with Crippen LogP contribution >= 0.6 is 0 Å². The number of likely N-dealkylation sites (tertiary alicyclic amines) is 1. The number of hydrogen-bond donors (Lipinski definition) is 1. The van der Waals surface area contributed by atoms with E-state index in [1.54, 1.807) is 19.9 Å². The highest BCUT2D eigenvalue weighted by Crippen LogP contribution is 2.32. The second kappa shape index (κ2) is 5.98. The van der Waals surface area contributed by atoms with E-state index in [-0.39, 0.29) is 17.8 Å². The lowest BCUT2D eigenvalue weighted by Crippen LogP contribution is -2.39. The smallest absolute Gasteiger partial charge is 0.259 e. The molecule has 1 atom stereocenters. The average Bonchev–Trinajstić information content (AvgIpc) is 3.17. The number of H-pyrrole nitrogens is 1. The number of amides is 1. The molecule has 1 aliphatic heterocycles. The van der Waals surface area contributed by atoms with Gasteiger partial charge in [0.25, 0.3) is 5.91 Å². The number of fused-ring (bicyclic) bond motifs is 1. The molecule has 3 heterocycles. The van der Waals surface area contributed by atoms with Crippen molar-refractivity contribution in [3.05, 3.63) is 46.9 Å². The maximum Gasteiger partial charge on any atom is 0.259 e. The molecule has 0 bridgehead atoms. The first-order valence-corrected chi connectivity index (χ1v) is 8.43. The van der Waals surface area contributed by atoms with Crippen molar-refractivity contribution in [3.8, 4) is 0 Å². The van der Waals surface area contributed by atoms with Crippen LogP contribution in [0.2, 0.25) is 0 Å². The van der Waals surface area contributed by atoms with Crippen molar-refractivity contribution in [1.29, 1.82) is 0 Å². The number of aromatic nitrogens is 3. The third kappa shape index (κ3) is 2.69. The highest BCUT2D eigenvalue weighted by molar-refractivity contribution is 5.96. The van der Waals surface area contributed by atoms with Crippen molar-refractivity contribution in [2.24, 2.45) is 0 Å². The first-order valence-electron chi connectivity index (χ1n) is 8.43. The van der Waals surface area contributed by atoms with Gasteiger partial charge in [-0.25, -0.2) is 9.37 Å². The quantitative estimate of drug-likeness (QED) is 0.771. The molecule has 1 fully saturated rings. The van der Waals surface area contributed by atoms with Gasteiger partial charge in [-0.15, -0.1) is 0 Å².